The van der Waals surface area contributed by atoms with E-state index in [2.05, 4.69) is 12.2 Å². The first kappa shape index (κ1) is 18.7. The average molecular weight is 375 g/mol. The molecule has 0 aliphatic carbocycles. The van der Waals surface area contributed by atoms with Gasteiger partial charge in [-0.2, -0.15) is 0 Å². The molecule has 0 unspecified atom stereocenters. The van der Waals surface area contributed by atoms with Crippen LogP contribution in [0.2, 0.25) is 0 Å². The number of rotatable bonds is 8. The van der Waals surface area contributed by atoms with Crippen LogP contribution in [0.5, 0.6) is 0 Å². The third-order valence-electron chi connectivity index (χ3n) is 4.87. The lowest BCUT2D eigenvalue weighted by Gasteiger charge is -2.20. The normalized spacial score (nSPS) is 16.0. The lowest BCUT2D eigenvalue weighted by Crippen LogP contribution is -2.42. The quantitative estimate of drug-likeness (QED) is 0.714. The highest BCUT2D eigenvalue weighted by Crippen LogP contribution is 2.41. The molecule has 26 heavy (non-hydrogen) atoms. The number of nitrogens with one attached hydrogen (secondary N) is 1. The zero-order chi connectivity index (χ0) is 18.7. The number of carbonyl (C=O) groups is 1. The van der Waals surface area contributed by atoms with Gasteiger partial charge in [0.1, 0.15) is 6.54 Å². The number of sulfonamides is 1. The molecule has 0 spiro atoms. The van der Waals surface area contributed by atoms with Crippen molar-refractivity contribution in [2.24, 2.45) is 0 Å². The van der Waals surface area contributed by atoms with E-state index in [0.29, 0.717) is 11.1 Å². The molecule has 1 N–H and O–H groups in total. The van der Waals surface area contributed by atoms with Crippen molar-refractivity contribution in [2.75, 3.05) is 10.8 Å². The minimum absolute atomic E-state index is 0.0443. The van der Waals surface area contributed by atoms with Crippen molar-refractivity contribution in [3.63, 3.8) is 0 Å². The number of carbonyl (C=O) groups excluding carboxylic acids is 1. The Morgan fingerprint density at radius 3 is 2.58 bits per heavy atom. The van der Waals surface area contributed by atoms with Gasteiger partial charge in [0.2, 0.25) is 5.91 Å². The van der Waals surface area contributed by atoms with Crippen LogP contribution in [0, 0.1) is 0 Å². The number of hydrogen-bond donors (Lipinski definition) is 1. The van der Waals surface area contributed by atoms with E-state index in [1.54, 1.807) is 18.2 Å². The second-order valence-electron chi connectivity index (χ2n) is 6.96. The van der Waals surface area contributed by atoms with Crippen LogP contribution < -0.4 is 9.62 Å². The van der Waals surface area contributed by atoms with Crippen molar-refractivity contribution in [3.05, 3.63) is 36.4 Å². The van der Waals surface area contributed by atoms with E-state index in [4.69, 9.17) is 0 Å². The predicted octanol–water partition coefficient (Wildman–Crippen LogP) is 3.82. The highest BCUT2D eigenvalue weighted by molar-refractivity contribution is 7.93. The molecule has 6 heteroatoms. The van der Waals surface area contributed by atoms with Crippen LogP contribution in [-0.2, 0) is 14.8 Å². The third-order valence-corrected chi connectivity index (χ3v) is 6.67. The van der Waals surface area contributed by atoms with E-state index in [9.17, 15) is 13.2 Å². The molecule has 0 saturated heterocycles. The standard InChI is InChI=1S/C20H26N2O3S/c1-3-4-5-6-9-15(2)21-19(23)14-22-17-12-7-10-16-11-8-13-18(20(16)17)26(22,24)25/h7-8,10-13,15H,3-6,9,14H2,1-2H3,(H,21,23)/t15-/m1/s1. The van der Waals surface area contributed by atoms with Crippen LogP contribution in [0.25, 0.3) is 10.8 Å². The summed E-state index contributed by atoms with van der Waals surface area (Å²) in [5, 5.41) is 4.51. The second kappa shape index (κ2) is 7.66. The third kappa shape index (κ3) is 3.56. The highest BCUT2D eigenvalue weighted by atomic mass is 32.2. The minimum Gasteiger partial charge on any atom is -0.352 e. The topological polar surface area (TPSA) is 66.5 Å². The van der Waals surface area contributed by atoms with Crippen molar-refractivity contribution in [1.82, 2.24) is 5.32 Å². The molecule has 1 aliphatic heterocycles. The zero-order valence-electron chi connectivity index (χ0n) is 15.4. The van der Waals surface area contributed by atoms with E-state index in [0.717, 1.165) is 24.6 Å². The Labute approximate surface area is 155 Å². The van der Waals surface area contributed by atoms with Gasteiger partial charge in [-0.15, -0.1) is 0 Å². The summed E-state index contributed by atoms with van der Waals surface area (Å²) < 4.78 is 27.0. The van der Waals surface area contributed by atoms with E-state index in [-0.39, 0.29) is 23.4 Å². The van der Waals surface area contributed by atoms with E-state index >= 15 is 0 Å². The minimum atomic E-state index is -3.68. The summed E-state index contributed by atoms with van der Waals surface area (Å²) in [4.78, 5) is 12.7. The summed E-state index contributed by atoms with van der Waals surface area (Å²) >= 11 is 0. The van der Waals surface area contributed by atoms with Gasteiger partial charge in [-0.25, -0.2) is 8.42 Å². The van der Waals surface area contributed by atoms with E-state index < -0.39 is 10.0 Å². The number of unbranched alkanes of at least 4 members (excludes halogenated alkanes) is 3. The van der Waals surface area contributed by atoms with Crippen LogP contribution in [0.4, 0.5) is 5.69 Å². The van der Waals surface area contributed by atoms with Crippen molar-refractivity contribution in [3.8, 4) is 0 Å². The molecule has 0 saturated carbocycles. The summed E-state index contributed by atoms with van der Waals surface area (Å²) in [5.41, 5.74) is 0.587. The smallest absolute Gasteiger partial charge is 0.265 e. The average Bonchev–Trinajstić information content (AvgIpc) is 2.82. The van der Waals surface area contributed by atoms with Gasteiger partial charge in [-0.3, -0.25) is 9.10 Å². The molecule has 1 heterocycles. The second-order valence-corrected chi connectivity index (χ2v) is 8.79. The summed E-state index contributed by atoms with van der Waals surface area (Å²) in [5.74, 6) is -0.263. The van der Waals surface area contributed by atoms with Crippen LogP contribution >= 0.6 is 0 Å². The van der Waals surface area contributed by atoms with Gasteiger partial charge >= 0.3 is 0 Å². The van der Waals surface area contributed by atoms with Gasteiger partial charge in [-0.1, -0.05) is 56.9 Å². The number of amides is 1. The first-order chi connectivity index (χ1) is 12.4. The first-order valence-corrected chi connectivity index (χ1v) is 10.7. The Bertz CT molecular complexity index is 903. The maximum absolute atomic E-state index is 12.9. The van der Waals surface area contributed by atoms with Crippen molar-refractivity contribution < 1.29 is 13.2 Å². The molecule has 2 aromatic carbocycles. The summed E-state index contributed by atoms with van der Waals surface area (Å²) in [6.45, 7) is 3.95. The Kier molecular flexibility index (Phi) is 5.51. The Morgan fingerprint density at radius 1 is 1.12 bits per heavy atom. The van der Waals surface area contributed by atoms with Gasteiger partial charge < -0.3 is 5.32 Å². The van der Waals surface area contributed by atoms with Crippen molar-refractivity contribution in [1.29, 1.82) is 0 Å². The molecule has 0 aromatic heterocycles. The van der Waals surface area contributed by atoms with Gasteiger partial charge in [-0.05, 0) is 30.9 Å². The van der Waals surface area contributed by atoms with Gasteiger partial charge in [0.15, 0.2) is 0 Å². The monoisotopic (exact) mass is 374 g/mol. The number of anilines is 1. The Morgan fingerprint density at radius 2 is 1.85 bits per heavy atom. The number of hydrogen-bond acceptors (Lipinski definition) is 3. The van der Waals surface area contributed by atoms with Crippen LogP contribution in [-0.4, -0.2) is 26.9 Å². The fourth-order valence-corrected chi connectivity index (χ4v) is 5.20. The molecule has 1 amide bonds. The van der Waals surface area contributed by atoms with Gasteiger partial charge in [0, 0.05) is 11.4 Å². The molecule has 1 aliphatic rings. The van der Waals surface area contributed by atoms with Gasteiger partial charge in [0.05, 0.1) is 10.6 Å². The molecule has 0 radical (unpaired) electrons. The van der Waals surface area contributed by atoms with Crippen molar-refractivity contribution >= 4 is 32.4 Å². The molecular formula is C20H26N2O3S. The number of nitrogens with zero attached hydrogens (tertiary/aromatic N) is 1. The molecule has 0 bridgehead atoms. The summed E-state index contributed by atoms with van der Waals surface area (Å²) in [6, 6.07) is 10.8. The van der Waals surface area contributed by atoms with Crippen LogP contribution in [0.3, 0.4) is 0 Å². The fraction of sp³-hybridized carbons (Fsp3) is 0.450. The molecule has 1 atom stereocenters. The molecule has 2 aromatic rings. The molecule has 0 fully saturated rings. The molecule has 140 valence electrons. The first-order valence-electron chi connectivity index (χ1n) is 9.29. The fourth-order valence-electron chi connectivity index (χ4n) is 3.53. The lowest BCUT2D eigenvalue weighted by atomic mass is 10.1. The van der Waals surface area contributed by atoms with Crippen LogP contribution in [0.1, 0.15) is 46.0 Å². The highest BCUT2D eigenvalue weighted by Gasteiger charge is 2.36. The zero-order valence-corrected chi connectivity index (χ0v) is 16.2. The SMILES string of the molecule is CCCCCC[C@@H](C)NC(=O)CN1c2cccc3cccc(c23)S1(=O)=O. The van der Waals surface area contributed by atoms with E-state index in [1.807, 2.05) is 25.1 Å². The largest absolute Gasteiger partial charge is 0.352 e. The molecule has 5 nitrogen and oxygen atoms in total. The summed E-state index contributed by atoms with van der Waals surface area (Å²) in [7, 11) is -3.68. The van der Waals surface area contributed by atoms with Crippen LogP contribution in [0.15, 0.2) is 41.3 Å². The summed E-state index contributed by atoms with van der Waals surface area (Å²) in [6.07, 6.45) is 5.53. The predicted molar refractivity (Wildman–Crippen MR) is 105 cm³/mol. The van der Waals surface area contributed by atoms with Crippen molar-refractivity contribution in [2.45, 2.75) is 56.9 Å². The molecular weight excluding hydrogens is 348 g/mol. The Balaban J connectivity index is 1.71. The van der Waals surface area contributed by atoms with Gasteiger partial charge in [0.25, 0.3) is 10.0 Å². The number of benzene rings is 2. The molecule has 3 rings (SSSR count). The maximum atomic E-state index is 12.9. The maximum Gasteiger partial charge on any atom is 0.265 e. The Hall–Kier alpha value is -2.08. The van der Waals surface area contributed by atoms with E-state index in [1.165, 1.54) is 17.1 Å². The lowest BCUT2D eigenvalue weighted by molar-refractivity contribution is -0.120.